The Morgan fingerprint density at radius 3 is 2.61 bits per heavy atom. The largest absolute Gasteiger partial charge is 0.379 e. The molecule has 2 N–H and O–H groups in total. The van der Waals surface area contributed by atoms with Gasteiger partial charge in [0.25, 0.3) is 5.91 Å². The number of carbonyl (C=O) groups is 1. The molecule has 3 aromatic rings. The van der Waals surface area contributed by atoms with Crippen LogP contribution in [0.15, 0.2) is 48.5 Å². The highest BCUT2D eigenvalue weighted by Crippen LogP contribution is 2.26. The third kappa shape index (κ3) is 5.55. The van der Waals surface area contributed by atoms with Crippen molar-refractivity contribution < 1.29 is 13.9 Å². The Bertz CT molecular complexity index is 1130. The Morgan fingerprint density at radius 1 is 1.06 bits per heavy atom. The Labute approximate surface area is 193 Å². The number of fused-ring (bicyclic) bond motifs is 1. The molecular weight excluding hydrogens is 419 g/mol. The van der Waals surface area contributed by atoms with E-state index in [4.69, 9.17) is 9.72 Å². The molecule has 6 nitrogen and oxygen atoms in total. The van der Waals surface area contributed by atoms with Gasteiger partial charge in [-0.25, -0.2) is 9.37 Å². The lowest BCUT2D eigenvalue weighted by Crippen LogP contribution is -2.35. The number of hydrogen-bond donors (Lipinski definition) is 2. The van der Waals surface area contributed by atoms with Gasteiger partial charge >= 0.3 is 0 Å². The molecule has 1 aliphatic carbocycles. The predicted molar refractivity (Wildman–Crippen MR) is 127 cm³/mol. The number of morpholine rings is 1. The number of ether oxygens (including phenoxy) is 1. The zero-order valence-electron chi connectivity index (χ0n) is 18.6. The number of pyridine rings is 1. The highest BCUT2D eigenvalue weighted by molar-refractivity contribution is 6.07. The fourth-order valence-electron chi connectivity index (χ4n) is 4.17. The van der Waals surface area contributed by atoms with E-state index in [0.29, 0.717) is 34.7 Å². The summed E-state index contributed by atoms with van der Waals surface area (Å²) >= 11 is 0. The fourth-order valence-corrected chi connectivity index (χ4v) is 4.17. The molecule has 1 saturated heterocycles. The molecule has 172 valence electrons. The van der Waals surface area contributed by atoms with Gasteiger partial charge in [0.1, 0.15) is 5.82 Å². The molecule has 1 amide bonds. The first-order valence-corrected chi connectivity index (χ1v) is 11.7. The second-order valence-electron chi connectivity index (χ2n) is 8.79. The molecular formula is C26H29FN4O2. The summed E-state index contributed by atoms with van der Waals surface area (Å²) in [4.78, 5) is 20.1. The first-order chi connectivity index (χ1) is 16.2. The van der Waals surface area contributed by atoms with Crippen LogP contribution in [0.4, 0.5) is 4.39 Å². The number of nitrogens with one attached hydrogen (secondary N) is 2. The number of amides is 1. The normalized spacial score (nSPS) is 16.8. The highest BCUT2D eigenvalue weighted by Gasteiger charge is 2.20. The first-order valence-electron chi connectivity index (χ1n) is 11.7. The van der Waals surface area contributed by atoms with Crippen LogP contribution in [0.5, 0.6) is 0 Å². The van der Waals surface area contributed by atoms with Crippen LogP contribution in [0.3, 0.4) is 0 Å². The quantitative estimate of drug-likeness (QED) is 0.518. The average Bonchev–Trinajstić information content (AvgIpc) is 3.67. The van der Waals surface area contributed by atoms with Gasteiger partial charge in [0.05, 0.1) is 30.0 Å². The number of hydrogen-bond acceptors (Lipinski definition) is 5. The van der Waals surface area contributed by atoms with Crippen LogP contribution in [-0.4, -0.2) is 61.2 Å². The summed E-state index contributed by atoms with van der Waals surface area (Å²) in [5.74, 6) is -0.593. The second kappa shape index (κ2) is 9.95. The minimum absolute atomic E-state index is 0.212. The van der Waals surface area contributed by atoms with Crippen molar-refractivity contribution in [3.8, 4) is 11.3 Å². The van der Waals surface area contributed by atoms with Gasteiger partial charge in [0.15, 0.2) is 0 Å². The molecule has 5 rings (SSSR count). The maximum atomic E-state index is 14.0. The van der Waals surface area contributed by atoms with E-state index >= 15 is 0 Å². The van der Waals surface area contributed by atoms with Crippen molar-refractivity contribution in [1.82, 2.24) is 20.5 Å². The van der Waals surface area contributed by atoms with Crippen molar-refractivity contribution in [2.24, 2.45) is 0 Å². The van der Waals surface area contributed by atoms with Crippen LogP contribution < -0.4 is 10.6 Å². The summed E-state index contributed by atoms with van der Waals surface area (Å²) < 4.78 is 19.4. The minimum Gasteiger partial charge on any atom is -0.379 e. The van der Waals surface area contributed by atoms with Crippen molar-refractivity contribution in [2.75, 3.05) is 39.4 Å². The van der Waals surface area contributed by atoms with Crippen LogP contribution >= 0.6 is 0 Å². The number of nitrogens with zero attached hydrogens (tertiary/aromatic N) is 2. The molecule has 1 aliphatic heterocycles. The average molecular weight is 449 g/mol. The molecule has 0 radical (unpaired) electrons. The van der Waals surface area contributed by atoms with Crippen LogP contribution in [0.25, 0.3) is 22.2 Å². The van der Waals surface area contributed by atoms with Gasteiger partial charge in [-0.2, -0.15) is 0 Å². The van der Waals surface area contributed by atoms with Crippen molar-refractivity contribution >= 4 is 16.8 Å². The van der Waals surface area contributed by atoms with Gasteiger partial charge in [-0.15, -0.1) is 0 Å². The molecule has 1 aromatic heterocycles. The minimum atomic E-state index is -0.381. The second-order valence-corrected chi connectivity index (χ2v) is 8.79. The number of carbonyl (C=O) groups excluding carboxylic acids is 1. The van der Waals surface area contributed by atoms with Crippen LogP contribution in [0.1, 0.15) is 28.8 Å². The van der Waals surface area contributed by atoms with Crippen LogP contribution in [-0.2, 0) is 11.3 Å². The molecule has 0 unspecified atom stereocenters. The predicted octanol–water partition coefficient (Wildman–Crippen LogP) is 3.35. The van der Waals surface area contributed by atoms with Crippen LogP contribution in [0.2, 0.25) is 0 Å². The maximum Gasteiger partial charge on any atom is 0.252 e. The van der Waals surface area contributed by atoms with Gasteiger partial charge in [0, 0.05) is 49.7 Å². The van der Waals surface area contributed by atoms with Gasteiger partial charge in [-0.1, -0.05) is 24.3 Å². The summed E-state index contributed by atoms with van der Waals surface area (Å²) in [6, 6.07) is 15.0. The van der Waals surface area contributed by atoms with Gasteiger partial charge in [0.2, 0.25) is 0 Å². The molecule has 7 heteroatoms. The lowest BCUT2D eigenvalue weighted by atomic mass is 10.0. The Kier molecular flexibility index (Phi) is 6.62. The lowest BCUT2D eigenvalue weighted by Gasteiger charge is -2.26. The number of benzene rings is 2. The number of aromatic nitrogens is 1. The topological polar surface area (TPSA) is 66.5 Å². The molecule has 0 spiro atoms. The van der Waals surface area contributed by atoms with E-state index in [1.807, 2.05) is 12.1 Å². The Morgan fingerprint density at radius 2 is 1.85 bits per heavy atom. The Hall–Kier alpha value is -2.87. The SMILES string of the molecule is O=C(NCCNC1CC1)c1cc(-c2ccc(CN3CCOCC3)cc2)nc2ccc(F)cc12. The van der Waals surface area contributed by atoms with Crippen molar-refractivity contribution in [2.45, 2.75) is 25.4 Å². The summed E-state index contributed by atoms with van der Waals surface area (Å²) in [5.41, 5.74) is 3.90. The molecule has 2 fully saturated rings. The third-order valence-corrected chi connectivity index (χ3v) is 6.20. The van der Waals surface area contributed by atoms with E-state index in [1.54, 1.807) is 12.1 Å². The smallest absolute Gasteiger partial charge is 0.252 e. The van der Waals surface area contributed by atoms with Crippen molar-refractivity contribution in [3.63, 3.8) is 0 Å². The standard InChI is InChI=1S/C26H29FN4O2/c27-20-5-8-24-22(15-20)23(26(32)29-10-9-28-21-6-7-21)16-25(30-24)19-3-1-18(2-4-19)17-31-11-13-33-14-12-31/h1-5,8,15-16,21,28H,6-7,9-14,17H2,(H,29,32). The third-order valence-electron chi connectivity index (χ3n) is 6.20. The first kappa shape index (κ1) is 21.9. The van der Waals surface area contributed by atoms with E-state index in [1.165, 1.54) is 30.5 Å². The molecule has 2 aromatic carbocycles. The molecule has 33 heavy (non-hydrogen) atoms. The van der Waals surface area contributed by atoms with E-state index in [2.05, 4.69) is 27.7 Å². The van der Waals surface area contributed by atoms with Gasteiger partial charge in [-0.05, 0) is 42.7 Å². The van der Waals surface area contributed by atoms with E-state index in [0.717, 1.165) is 45.0 Å². The zero-order valence-corrected chi connectivity index (χ0v) is 18.6. The number of halogens is 1. The summed E-state index contributed by atoms with van der Waals surface area (Å²) in [6.07, 6.45) is 2.41. The number of rotatable bonds is 8. The monoisotopic (exact) mass is 448 g/mol. The van der Waals surface area contributed by atoms with Crippen molar-refractivity contribution in [1.29, 1.82) is 0 Å². The summed E-state index contributed by atoms with van der Waals surface area (Å²) in [5, 5.41) is 6.87. The van der Waals surface area contributed by atoms with E-state index in [9.17, 15) is 9.18 Å². The van der Waals surface area contributed by atoms with E-state index in [-0.39, 0.29) is 11.7 Å². The molecule has 2 aliphatic rings. The summed E-state index contributed by atoms with van der Waals surface area (Å²) in [7, 11) is 0. The highest BCUT2D eigenvalue weighted by atomic mass is 19.1. The Balaban J connectivity index is 1.37. The lowest BCUT2D eigenvalue weighted by molar-refractivity contribution is 0.0342. The van der Waals surface area contributed by atoms with Gasteiger partial charge < -0.3 is 15.4 Å². The molecule has 2 heterocycles. The molecule has 0 atom stereocenters. The van der Waals surface area contributed by atoms with Crippen molar-refractivity contribution in [3.05, 3.63) is 65.5 Å². The fraction of sp³-hybridized carbons (Fsp3) is 0.385. The van der Waals surface area contributed by atoms with Gasteiger partial charge in [-0.3, -0.25) is 9.69 Å². The molecule has 0 bridgehead atoms. The maximum absolute atomic E-state index is 14.0. The molecule has 1 saturated carbocycles. The van der Waals surface area contributed by atoms with Crippen LogP contribution in [0, 0.1) is 5.82 Å². The van der Waals surface area contributed by atoms with E-state index < -0.39 is 0 Å². The zero-order chi connectivity index (χ0) is 22.6. The summed E-state index contributed by atoms with van der Waals surface area (Å²) in [6.45, 7) is 5.59.